The molecule has 2 amide bonds. The van der Waals surface area contributed by atoms with Crippen LogP contribution in [-0.4, -0.2) is 41.8 Å². The van der Waals surface area contributed by atoms with Crippen LogP contribution < -0.4 is 20.7 Å². The van der Waals surface area contributed by atoms with Gasteiger partial charge in [-0.2, -0.15) is 5.10 Å². The number of halogens is 1. The first-order valence-corrected chi connectivity index (χ1v) is 8.59. The van der Waals surface area contributed by atoms with Crippen LogP contribution in [0, 0.1) is 0 Å². The van der Waals surface area contributed by atoms with Crippen LogP contribution in [0.15, 0.2) is 30.5 Å². The zero-order chi connectivity index (χ0) is 18.5. The quantitative estimate of drug-likeness (QED) is 0.724. The van der Waals surface area contributed by atoms with Crippen molar-refractivity contribution in [2.24, 2.45) is 0 Å². The summed E-state index contributed by atoms with van der Waals surface area (Å²) in [4.78, 5) is 24.0. The summed E-state index contributed by atoms with van der Waals surface area (Å²) in [7, 11) is 1.54. The summed E-state index contributed by atoms with van der Waals surface area (Å²) >= 11 is 0. The van der Waals surface area contributed by atoms with Gasteiger partial charge in [-0.05, 0) is 37.6 Å². The molecule has 1 unspecified atom stereocenters. The Labute approximate surface area is 164 Å². The summed E-state index contributed by atoms with van der Waals surface area (Å²) in [5.41, 5.74) is 1.29. The molecule has 3 N–H and O–H groups in total. The van der Waals surface area contributed by atoms with Gasteiger partial charge in [0.15, 0.2) is 5.69 Å². The molecule has 2 aromatic rings. The van der Waals surface area contributed by atoms with Gasteiger partial charge in [0, 0.05) is 25.7 Å². The molecule has 1 aliphatic rings. The van der Waals surface area contributed by atoms with Gasteiger partial charge in [0.05, 0.1) is 24.5 Å². The van der Waals surface area contributed by atoms with Gasteiger partial charge in [0.1, 0.15) is 5.75 Å². The Morgan fingerprint density at radius 1 is 1.26 bits per heavy atom. The summed E-state index contributed by atoms with van der Waals surface area (Å²) in [6.07, 6.45) is 3.96. The topological polar surface area (TPSA) is 97.3 Å². The second-order valence-corrected chi connectivity index (χ2v) is 6.23. The van der Waals surface area contributed by atoms with Crippen molar-refractivity contribution in [3.8, 4) is 5.75 Å². The van der Waals surface area contributed by atoms with Gasteiger partial charge in [0.25, 0.3) is 5.91 Å². The third kappa shape index (κ3) is 5.21. The van der Waals surface area contributed by atoms with Gasteiger partial charge in [-0.25, -0.2) is 0 Å². The Bertz CT molecular complexity index is 802. The van der Waals surface area contributed by atoms with Crippen LogP contribution in [0.2, 0.25) is 0 Å². The van der Waals surface area contributed by atoms with Crippen molar-refractivity contribution >= 4 is 35.6 Å². The summed E-state index contributed by atoms with van der Waals surface area (Å²) in [6, 6.07) is 7.01. The number of rotatable bonds is 5. The number of aromatic nitrogens is 2. The van der Waals surface area contributed by atoms with Crippen LogP contribution in [0.5, 0.6) is 5.75 Å². The molecule has 1 fully saturated rings. The lowest BCUT2D eigenvalue weighted by Crippen LogP contribution is -2.32. The minimum Gasteiger partial charge on any atom is -0.497 e. The molecule has 1 saturated heterocycles. The summed E-state index contributed by atoms with van der Waals surface area (Å²) in [5, 5.41) is 13.2. The fourth-order valence-electron chi connectivity index (χ4n) is 2.96. The molecule has 0 aliphatic carbocycles. The number of hydrogen-bond donors (Lipinski definition) is 3. The van der Waals surface area contributed by atoms with Crippen molar-refractivity contribution < 1.29 is 14.3 Å². The summed E-state index contributed by atoms with van der Waals surface area (Å²) in [5.74, 6) is 0.0142. The first-order valence-electron chi connectivity index (χ1n) is 8.59. The van der Waals surface area contributed by atoms with Crippen molar-refractivity contribution in [3.05, 3.63) is 36.2 Å². The fourth-order valence-corrected chi connectivity index (χ4v) is 2.96. The molecule has 1 aliphatic heterocycles. The second-order valence-electron chi connectivity index (χ2n) is 6.23. The summed E-state index contributed by atoms with van der Waals surface area (Å²) in [6.45, 7) is 3.29. The number of piperidine rings is 1. The third-order valence-electron chi connectivity index (χ3n) is 4.27. The number of anilines is 2. The molecule has 9 heteroatoms. The van der Waals surface area contributed by atoms with Crippen molar-refractivity contribution in [3.63, 3.8) is 0 Å². The van der Waals surface area contributed by atoms with E-state index in [1.54, 1.807) is 31.4 Å². The van der Waals surface area contributed by atoms with Crippen LogP contribution in [0.4, 0.5) is 11.4 Å². The van der Waals surface area contributed by atoms with Crippen molar-refractivity contribution in [1.82, 2.24) is 15.1 Å². The number of carbonyl (C=O) groups is 2. The number of nitrogens with one attached hydrogen (secondary N) is 3. The van der Waals surface area contributed by atoms with Crippen molar-refractivity contribution in [2.45, 2.75) is 25.8 Å². The van der Waals surface area contributed by atoms with E-state index in [0.717, 1.165) is 25.9 Å². The molecule has 2 heterocycles. The molecular formula is C18H24ClN5O3. The Hall–Kier alpha value is -2.58. The molecule has 0 spiro atoms. The lowest BCUT2D eigenvalue weighted by Gasteiger charge is -2.22. The maximum atomic E-state index is 12.6. The number of benzene rings is 1. The Morgan fingerprint density at radius 3 is 2.74 bits per heavy atom. The molecule has 0 saturated carbocycles. The SMILES string of the molecule is COc1ccc(NC(C)=O)c(NC(=O)c2ccn(C3CCCNC3)n2)c1.Cl. The zero-order valence-electron chi connectivity index (χ0n) is 15.3. The number of hydrogen-bond acceptors (Lipinski definition) is 5. The standard InChI is InChI=1S/C18H23N5O3.ClH/c1-12(24)20-15-6-5-14(26-2)10-17(15)21-18(25)16-7-9-23(22-16)13-4-3-8-19-11-13;/h5-7,9-10,13,19H,3-4,8,11H2,1-2H3,(H,20,24)(H,21,25);1H. The van der Waals surface area contributed by atoms with Gasteiger partial charge in [-0.3, -0.25) is 14.3 Å². The number of nitrogens with zero attached hydrogens (tertiary/aromatic N) is 2. The van der Waals surface area contributed by atoms with E-state index in [-0.39, 0.29) is 30.3 Å². The number of ether oxygens (including phenoxy) is 1. The molecule has 0 bridgehead atoms. The van der Waals surface area contributed by atoms with Gasteiger partial charge < -0.3 is 20.7 Å². The van der Waals surface area contributed by atoms with E-state index in [4.69, 9.17) is 4.74 Å². The highest BCUT2D eigenvalue weighted by Gasteiger charge is 2.18. The lowest BCUT2D eigenvalue weighted by atomic mass is 10.1. The Kier molecular flexibility index (Phi) is 7.20. The van der Waals surface area contributed by atoms with E-state index in [1.807, 2.05) is 10.9 Å². The summed E-state index contributed by atoms with van der Waals surface area (Å²) < 4.78 is 7.03. The monoisotopic (exact) mass is 393 g/mol. The van der Waals surface area contributed by atoms with E-state index in [0.29, 0.717) is 22.8 Å². The molecule has 146 valence electrons. The minimum absolute atomic E-state index is 0. The average Bonchev–Trinajstić information content (AvgIpc) is 3.14. The van der Waals surface area contributed by atoms with E-state index in [9.17, 15) is 9.59 Å². The van der Waals surface area contributed by atoms with Gasteiger partial charge in [-0.15, -0.1) is 12.4 Å². The highest BCUT2D eigenvalue weighted by molar-refractivity contribution is 6.06. The predicted molar refractivity (Wildman–Crippen MR) is 106 cm³/mol. The fraction of sp³-hybridized carbons (Fsp3) is 0.389. The molecule has 27 heavy (non-hydrogen) atoms. The maximum absolute atomic E-state index is 12.6. The molecule has 1 aromatic heterocycles. The minimum atomic E-state index is -0.340. The van der Waals surface area contributed by atoms with E-state index in [2.05, 4.69) is 21.0 Å². The average molecular weight is 394 g/mol. The van der Waals surface area contributed by atoms with E-state index in [1.165, 1.54) is 6.92 Å². The van der Waals surface area contributed by atoms with Crippen molar-refractivity contribution in [2.75, 3.05) is 30.8 Å². The van der Waals surface area contributed by atoms with Crippen LogP contribution >= 0.6 is 12.4 Å². The highest BCUT2D eigenvalue weighted by atomic mass is 35.5. The van der Waals surface area contributed by atoms with Crippen LogP contribution in [-0.2, 0) is 4.79 Å². The first kappa shape index (κ1) is 20.7. The predicted octanol–water partition coefficient (Wildman–Crippen LogP) is 2.45. The Morgan fingerprint density at radius 2 is 2.07 bits per heavy atom. The first-order chi connectivity index (χ1) is 12.6. The van der Waals surface area contributed by atoms with E-state index < -0.39 is 0 Å². The molecule has 0 radical (unpaired) electrons. The molecule has 8 nitrogen and oxygen atoms in total. The highest BCUT2D eigenvalue weighted by Crippen LogP contribution is 2.27. The third-order valence-corrected chi connectivity index (χ3v) is 4.27. The largest absolute Gasteiger partial charge is 0.497 e. The van der Waals surface area contributed by atoms with Crippen LogP contribution in [0.3, 0.4) is 0 Å². The number of methoxy groups -OCH3 is 1. The number of amides is 2. The molecule has 1 aromatic carbocycles. The van der Waals surface area contributed by atoms with Gasteiger partial charge >= 0.3 is 0 Å². The van der Waals surface area contributed by atoms with Gasteiger partial charge in [-0.1, -0.05) is 0 Å². The normalized spacial score (nSPS) is 16.1. The number of carbonyl (C=O) groups excluding carboxylic acids is 2. The van der Waals surface area contributed by atoms with E-state index >= 15 is 0 Å². The van der Waals surface area contributed by atoms with Gasteiger partial charge in [0.2, 0.25) is 5.91 Å². The Balaban J connectivity index is 0.00000261. The molecule has 3 rings (SSSR count). The second kappa shape index (κ2) is 9.38. The lowest BCUT2D eigenvalue weighted by molar-refractivity contribution is -0.114. The van der Waals surface area contributed by atoms with Crippen LogP contribution in [0.25, 0.3) is 0 Å². The maximum Gasteiger partial charge on any atom is 0.276 e. The van der Waals surface area contributed by atoms with Crippen LogP contribution in [0.1, 0.15) is 36.3 Å². The molecule has 1 atom stereocenters. The molecular weight excluding hydrogens is 370 g/mol. The van der Waals surface area contributed by atoms with Crippen molar-refractivity contribution in [1.29, 1.82) is 0 Å². The zero-order valence-corrected chi connectivity index (χ0v) is 16.1. The smallest absolute Gasteiger partial charge is 0.276 e.